The number of nitrogens with two attached hydrogens (primary N) is 1. The summed E-state index contributed by atoms with van der Waals surface area (Å²) >= 11 is 7.48. The minimum Gasteiger partial charge on any atom is -0.441 e. The number of methoxy groups -OCH3 is 1. The molecule has 0 unspecified atom stereocenters. The maximum Gasteiger partial charge on any atom is 0.199 e. The summed E-state index contributed by atoms with van der Waals surface area (Å²) in [6.07, 6.45) is 2.58. The topological polar surface area (TPSA) is 77.4 Å². The summed E-state index contributed by atoms with van der Waals surface area (Å²) < 4.78 is 9.62. The molecule has 0 amide bonds. The molecule has 2 N–H and O–H groups in total. The number of rotatable bonds is 3. The van der Waals surface area contributed by atoms with Crippen LogP contribution in [-0.4, -0.2) is 42.2 Å². The Morgan fingerprint density at radius 2 is 1.89 bits per heavy atom. The average Bonchev–Trinajstić information content (AvgIpc) is 3.39. The van der Waals surface area contributed by atoms with Crippen LogP contribution < -0.4 is 5.73 Å². The molecular formula is C19H27ClN4O2S. The number of ether oxygens (including phenoxy) is 1. The maximum absolute atomic E-state index is 6.09. The molecule has 4 heterocycles. The van der Waals surface area contributed by atoms with Crippen molar-refractivity contribution in [2.75, 3.05) is 33.0 Å². The zero-order chi connectivity index (χ0) is 19.8. The quantitative estimate of drug-likeness (QED) is 0.649. The first-order valence-corrected chi connectivity index (χ1v) is 10.2. The molecule has 0 radical (unpaired) electrons. The number of fused-ring (bicyclic) bond motifs is 1. The molecule has 0 saturated carbocycles. The third kappa shape index (κ3) is 5.65. The number of thiophene rings is 1. The molecule has 1 fully saturated rings. The molecule has 27 heavy (non-hydrogen) atoms. The standard InChI is InChI=1S/C15H15ClN4OS.C2H6O.C2H6/c16-12-4-3-11(21-12)14-18-13(17)10-7-9(22-15(10)19-14)8-20-5-1-2-6-20;1-3-2;1-2/h3-4,7H,1-2,5-6,8H2,(H2,17,18,19);1-2H3;1-2H3. The Kier molecular flexibility index (Phi) is 8.50. The lowest BCUT2D eigenvalue weighted by molar-refractivity contribution is 0.277. The molecule has 0 aromatic carbocycles. The Morgan fingerprint density at radius 1 is 1.22 bits per heavy atom. The predicted molar refractivity (Wildman–Crippen MR) is 113 cm³/mol. The van der Waals surface area contributed by atoms with Gasteiger partial charge in [0.25, 0.3) is 0 Å². The van der Waals surface area contributed by atoms with Crippen LogP contribution in [-0.2, 0) is 11.3 Å². The fourth-order valence-electron chi connectivity index (χ4n) is 2.78. The molecule has 148 valence electrons. The second kappa shape index (κ2) is 10.6. The van der Waals surface area contributed by atoms with Gasteiger partial charge < -0.3 is 14.9 Å². The van der Waals surface area contributed by atoms with Gasteiger partial charge in [0.05, 0.1) is 5.39 Å². The number of nitrogen functional groups attached to an aromatic ring is 1. The summed E-state index contributed by atoms with van der Waals surface area (Å²) in [6.45, 7) is 7.31. The lowest BCUT2D eigenvalue weighted by atomic mass is 10.3. The zero-order valence-electron chi connectivity index (χ0n) is 16.3. The van der Waals surface area contributed by atoms with E-state index in [9.17, 15) is 0 Å². The molecule has 3 aromatic rings. The molecular weight excluding hydrogens is 384 g/mol. The van der Waals surface area contributed by atoms with Crippen molar-refractivity contribution < 1.29 is 9.15 Å². The fraction of sp³-hybridized carbons (Fsp3) is 0.474. The number of anilines is 1. The minimum atomic E-state index is 0.318. The molecule has 6 nitrogen and oxygen atoms in total. The van der Waals surface area contributed by atoms with Crippen molar-refractivity contribution in [3.05, 3.63) is 28.3 Å². The summed E-state index contributed by atoms with van der Waals surface area (Å²) in [5.74, 6) is 1.50. The van der Waals surface area contributed by atoms with Crippen molar-refractivity contribution in [3.8, 4) is 11.6 Å². The predicted octanol–water partition coefficient (Wildman–Crippen LogP) is 5.07. The summed E-state index contributed by atoms with van der Waals surface area (Å²) in [5, 5.41) is 1.23. The van der Waals surface area contributed by atoms with Crippen molar-refractivity contribution in [2.24, 2.45) is 0 Å². The number of nitrogens with zero attached hydrogens (tertiary/aromatic N) is 3. The van der Waals surface area contributed by atoms with Crippen LogP contribution in [0.15, 0.2) is 22.6 Å². The van der Waals surface area contributed by atoms with E-state index < -0.39 is 0 Å². The Hall–Kier alpha value is -1.67. The van der Waals surface area contributed by atoms with Crippen molar-refractivity contribution in [1.82, 2.24) is 14.9 Å². The van der Waals surface area contributed by atoms with E-state index in [-0.39, 0.29) is 0 Å². The maximum atomic E-state index is 6.09. The van der Waals surface area contributed by atoms with Crippen LogP contribution in [0, 0.1) is 0 Å². The van der Waals surface area contributed by atoms with Gasteiger partial charge in [0, 0.05) is 25.6 Å². The highest BCUT2D eigenvalue weighted by Gasteiger charge is 2.16. The summed E-state index contributed by atoms with van der Waals surface area (Å²) in [4.78, 5) is 13.5. The monoisotopic (exact) mass is 410 g/mol. The smallest absolute Gasteiger partial charge is 0.199 e. The third-order valence-corrected chi connectivity index (χ3v) is 5.06. The van der Waals surface area contributed by atoms with Crippen molar-refractivity contribution >= 4 is 39.0 Å². The summed E-state index contributed by atoms with van der Waals surface area (Å²) in [7, 11) is 3.25. The molecule has 0 atom stereocenters. The average molecular weight is 411 g/mol. The highest BCUT2D eigenvalue weighted by atomic mass is 35.5. The number of hydrogen-bond acceptors (Lipinski definition) is 7. The van der Waals surface area contributed by atoms with E-state index in [2.05, 4.69) is 25.7 Å². The Bertz CT molecular complexity index is 843. The van der Waals surface area contributed by atoms with Gasteiger partial charge in [-0.05, 0) is 55.7 Å². The first kappa shape index (κ1) is 21.6. The summed E-state index contributed by atoms with van der Waals surface area (Å²) in [6, 6.07) is 5.53. The van der Waals surface area contributed by atoms with E-state index in [1.807, 2.05) is 13.8 Å². The minimum absolute atomic E-state index is 0.318. The summed E-state index contributed by atoms with van der Waals surface area (Å²) in [5.41, 5.74) is 6.09. The number of halogens is 1. The number of furan rings is 1. The first-order chi connectivity index (χ1) is 13.1. The molecule has 4 rings (SSSR count). The van der Waals surface area contributed by atoms with Gasteiger partial charge in [0.15, 0.2) is 16.8 Å². The highest BCUT2D eigenvalue weighted by Crippen LogP contribution is 2.32. The van der Waals surface area contributed by atoms with Gasteiger partial charge in [-0.25, -0.2) is 9.97 Å². The highest BCUT2D eigenvalue weighted by molar-refractivity contribution is 7.18. The fourth-order valence-corrected chi connectivity index (χ4v) is 4.00. The number of likely N-dealkylation sites (tertiary alicyclic amines) is 1. The van der Waals surface area contributed by atoms with Crippen LogP contribution in [0.3, 0.4) is 0 Å². The zero-order valence-corrected chi connectivity index (χ0v) is 17.9. The van der Waals surface area contributed by atoms with Gasteiger partial charge in [0.1, 0.15) is 10.6 Å². The Morgan fingerprint density at radius 3 is 2.48 bits per heavy atom. The van der Waals surface area contributed by atoms with E-state index >= 15 is 0 Å². The third-order valence-electron chi connectivity index (χ3n) is 3.84. The van der Waals surface area contributed by atoms with Gasteiger partial charge in [-0.1, -0.05) is 13.8 Å². The van der Waals surface area contributed by atoms with Crippen LogP contribution in [0.25, 0.3) is 21.8 Å². The molecule has 1 aliphatic rings. The van der Waals surface area contributed by atoms with Gasteiger partial charge in [-0.2, -0.15) is 0 Å². The molecule has 0 spiro atoms. The number of aromatic nitrogens is 2. The van der Waals surface area contributed by atoms with E-state index in [4.69, 9.17) is 21.8 Å². The molecule has 0 aliphatic carbocycles. The number of hydrogen-bond donors (Lipinski definition) is 1. The Labute approximate surface area is 169 Å². The van der Waals surface area contributed by atoms with E-state index in [1.165, 1.54) is 30.8 Å². The van der Waals surface area contributed by atoms with Crippen LogP contribution in [0.1, 0.15) is 31.6 Å². The lowest BCUT2D eigenvalue weighted by Crippen LogP contribution is -2.17. The largest absolute Gasteiger partial charge is 0.441 e. The van der Waals surface area contributed by atoms with Crippen LogP contribution in [0.5, 0.6) is 0 Å². The van der Waals surface area contributed by atoms with Gasteiger partial charge >= 0.3 is 0 Å². The molecule has 0 bridgehead atoms. The van der Waals surface area contributed by atoms with Crippen molar-refractivity contribution in [3.63, 3.8) is 0 Å². The van der Waals surface area contributed by atoms with Crippen molar-refractivity contribution in [1.29, 1.82) is 0 Å². The second-order valence-corrected chi connectivity index (χ2v) is 7.35. The lowest BCUT2D eigenvalue weighted by Gasteiger charge is -2.11. The second-order valence-electron chi connectivity index (χ2n) is 5.86. The molecule has 8 heteroatoms. The van der Waals surface area contributed by atoms with E-state index in [0.29, 0.717) is 22.6 Å². The van der Waals surface area contributed by atoms with Crippen LogP contribution in [0.4, 0.5) is 5.82 Å². The molecule has 1 aliphatic heterocycles. The molecule has 1 saturated heterocycles. The Balaban J connectivity index is 0.000000478. The van der Waals surface area contributed by atoms with Crippen LogP contribution >= 0.6 is 22.9 Å². The normalized spacial score (nSPS) is 13.8. The molecule has 3 aromatic heterocycles. The van der Waals surface area contributed by atoms with E-state index in [0.717, 1.165) is 16.8 Å². The van der Waals surface area contributed by atoms with Gasteiger partial charge in [-0.3, -0.25) is 4.90 Å². The van der Waals surface area contributed by atoms with Gasteiger partial charge in [-0.15, -0.1) is 11.3 Å². The van der Waals surface area contributed by atoms with Crippen molar-refractivity contribution in [2.45, 2.75) is 33.2 Å². The van der Waals surface area contributed by atoms with E-state index in [1.54, 1.807) is 37.7 Å². The first-order valence-electron chi connectivity index (χ1n) is 9.05. The van der Waals surface area contributed by atoms with Gasteiger partial charge in [0.2, 0.25) is 0 Å². The van der Waals surface area contributed by atoms with Crippen LogP contribution in [0.2, 0.25) is 5.22 Å². The SMILES string of the molecule is CC.COC.Nc1nc(-c2ccc(Cl)o2)nc2sc(CN3CCCC3)cc12.